The van der Waals surface area contributed by atoms with Gasteiger partial charge in [-0.05, 0) is 38.1 Å². The lowest BCUT2D eigenvalue weighted by Crippen LogP contribution is -2.48. The quantitative estimate of drug-likeness (QED) is 0.816. The minimum Gasteiger partial charge on any atom is -0.487 e. The van der Waals surface area contributed by atoms with Gasteiger partial charge in [0.25, 0.3) is 0 Å². The van der Waals surface area contributed by atoms with E-state index in [2.05, 4.69) is 38.7 Å². The van der Waals surface area contributed by atoms with Crippen molar-refractivity contribution in [3.8, 4) is 5.75 Å². The molecule has 0 fully saturated rings. The molecule has 2 nitrogen and oxygen atoms in total. The normalized spacial score (nSPS) is 12.2. The average Bonchev–Trinajstić information content (AvgIpc) is 2.40. The predicted octanol–water partition coefficient (Wildman–Crippen LogP) is 4.22. The molecule has 1 aromatic heterocycles. The number of rotatable bonds is 4. The third kappa shape index (κ3) is 2.78. The van der Waals surface area contributed by atoms with Crippen molar-refractivity contribution in [2.75, 3.05) is 0 Å². The van der Waals surface area contributed by atoms with E-state index in [1.807, 2.05) is 48.7 Å². The first-order chi connectivity index (χ1) is 8.93. The molecular formula is C17H21NO. The molecule has 0 aliphatic rings. The smallest absolute Gasteiger partial charge is 0.120 e. The molecule has 0 unspecified atom stereocenters. The molecule has 1 aromatic carbocycles. The second-order valence-electron chi connectivity index (χ2n) is 5.77. The van der Waals surface area contributed by atoms with Crippen molar-refractivity contribution >= 4 is 0 Å². The van der Waals surface area contributed by atoms with Crippen molar-refractivity contribution in [3.63, 3.8) is 0 Å². The highest BCUT2D eigenvalue weighted by atomic mass is 16.5. The van der Waals surface area contributed by atoms with E-state index in [1.54, 1.807) is 0 Å². The zero-order valence-electron chi connectivity index (χ0n) is 12.1. The molecule has 0 spiro atoms. The zero-order valence-corrected chi connectivity index (χ0v) is 12.1. The average molecular weight is 255 g/mol. The summed E-state index contributed by atoms with van der Waals surface area (Å²) in [6.07, 6.45) is 1.83. The standard InChI is InChI=1S/C17H21NO/c1-16(2,15-12-8-9-13-18-15)17(3,4)19-14-10-6-5-7-11-14/h5-13H,1-4H3. The van der Waals surface area contributed by atoms with Crippen LogP contribution in [0.4, 0.5) is 0 Å². The van der Waals surface area contributed by atoms with Gasteiger partial charge in [0, 0.05) is 17.3 Å². The summed E-state index contributed by atoms with van der Waals surface area (Å²) >= 11 is 0. The minimum absolute atomic E-state index is 0.190. The molecule has 100 valence electrons. The third-order valence-electron chi connectivity index (χ3n) is 3.93. The number of nitrogens with zero attached hydrogens (tertiary/aromatic N) is 1. The van der Waals surface area contributed by atoms with Crippen LogP contribution in [0.15, 0.2) is 54.7 Å². The largest absolute Gasteiger partial charge is 0.487 e. The maximum Gasteiger partial charge on any atom is 0.120 e. The van der Waals surface area contributed by atoms with Gasteiger partial charge in [-0.25, -0.2) is 0 Å². The highest BCUT2D eigenvalue weighted by molar-refractivity contribution is 5.25. The van der Waals surface area contributed by atoms with Crippen molar-refractivity contribution in [1.29, 1.82) is 0 Å². The van der Waals surface area contributed by atoms with E-state index in [-0.39, 0.29) is 11.0 Å². The minimum atomic E-state index is -0.358. The van der Waals surface area contributed by atoms with Crippen molar-refractivity contribution in [2.24, 2.45) is 0 Å². The van der Waals surface area contributed by atoms with Crippen LogP contribution in [0, 0.1) is 0 Å². The summed E-state index contributed by atoms with van der Waals surface area (Å²) in [6.45, 7) is 8.54. The van der Waals surface area contributed by atoms with Crippen LogP contribution >= 0.6 is 0 Å². The molecule has 2 aromatic rings. The monoisotopic (exact) mass is 255 g/mol. The Balaban J connectivity index is 2.28. The zero-order chi connectivity index (χ0) is 13.9. The van der Waals surface area contributed by atoms with Crippen molar-refractivity contribution in [2.45, 2.75) is 38.7 Å². The molecule has 0 aliphatic carbocycles. The second-order valence-corrected chi connectivity index (χ2v) is 5.77. The molecule has 2 heteroatoms. The van der Waals surface area contributed by atoms with Crippen LogP contribution in [-0.2, 0) is 5.41 Å². The Labute approximate surface area is 115 Å². The highest BCUT2D eigenvalue weighted by Gasteiger charge is 2.41. The number of benzene rings is 1. The van der Waals surface area contributed by atoms with E-state index >= 15 is 0 Å². The van der Waals surface area contributed by atoms with E-state index in [0.29, 0.717) is 0 Å². The summed E-state index contributed by atoms with van der Waals surface area (Å²) in [4.78, 5) is 4.48. The molecule has 19 heavy (non-hydrogen) atoms. The molecule has 0 saturated heterocycles. The Bertz CT molecular complexity index is 517. The summed E-state index contributed by atoms with van der Waals surface area (Å²) in [6, 6.07) is 15.9. The van der Waals surface area contributed by atoms with Gasteiger partial charge in [-0.1, -0.05) is 38.1 Å². The fraction of sp³-hybridized carbons (Fsp3) is 0.353. The van der Waals surface area contributed by atoms with Crippen LogP contribution < -0.4 is 4.74 Å². The first kappa shape index (κ1) is 13.6. The molecule has 0 bridgehead atoms. The number of hydrogen-bond donors (Lipinski definition) is 0. The Morgan fingerprint density at radius 1 is 0.842 bits per heavy atom. The van der Waals surface area contributed by atoms with Crippen LogP contribution in [0.1, 0.15) is 33.4 Å². The Hall–Kier alpha value is -1.83. The van der Waals surface area contributed by atoms with Crippen molar-refractivity contribution < 1.29 is 4.74 Å². The van der Waals surface area contributed by atoms with Gasteiger partial charge in [-0.2, -0.15) is 0 Å². The lowest BCUT2D eigenvalue weighted by Gasteiger charge is -2.41. The highest BCUT2D eigenvalue weighted by Crippen LogP contribution is 2.36. The number of para-hydroxylation sites is 1. The molecule has 0 saturated carbocycles. The fourth-order valence-corrected chi connectivity index (χ4v) is 1.95. The van der Waals surface area contributed by atoms with E-state index < -0.39 is 0 Å². The number of aromatic nitrogens is 1. The van der Waals surface area contributed by atoms with Crippen LogP contribution in [0.2, 0.25) is 0 Å². The molecule has 0 N–H and O–H groups in total. The lowest BCUT2D eigenvalue weighted by atomic mass is 9.74. The summed E-state index contributed by atoms with van der Waals surface area (Å²) in [5, 5.41) is 0. The summed E-state index contributed by atoms with van der Waals surface area (Å²) in [7, 11) is 0. The maximum absolute atomic E-state index is 6.18. The molecule has 0 aliphatic heterocycles. The van der Waals surface area contributed by atoms with Gasteiger partial charge in [-0.15, -0.1) is 0 Å². The Morgan fingerprint density at radius 2 is 1.47 bits per heavy atom. The van der Waals surface area contributed by atoms with Gasteiger partial charge in [-0.3, -0.25) is 4.98 Å². The van der Waals surface area contributed by atoms with Gasteiger partial charge in [0.2, 0.25) is 0 Å². The topological polar surface area (TPSA) is 22.1 Å². The SMILES string of the molecule is CC(C)(Oc1ccccc1)C(C)(C)c1ccccn1. The molecular weight excluding hydrogens is 234 g/mol. The summed E-state index contributed by atoms with van der Waals surface area (Å²) in [5.41, 5.74) is 0.489. The van der Waals surface area contributed by atoms with Crippen LogP contribution in [-0.4, -0.2) is 10.6 Å². The molecule has 1 heterocycles. The number of pyridine rings is 1. The van der Waals surface area contributed by atoms with Gasteiger partial charge >= 0.3 is 0 Å². The van der Waals surface area contributed by atoms with Gasteiger partial charge in [0.15, 0.2) is 0 Å². The molecule has 0 radical (unpaired) electrons. The first-order valence-corrected chi connectivity index (χ1v) is 6.59. The fourth-order valence-electron chi connectivity index (χ4n) is 1.95. The van der Waals surface area contributed by atoms with Crippen LogP contribution in [0.3, 0.4) is 0 Å². The van der Waals surface area contributed by atoms with Crippen LogP contribution in [0.5, 0.6) is 5.75 Å². The van der Waals surface area contributed by atoms with E-state index in [1.165, 1.54) is 0 Å². The van der Waals surface area contributed by atoms with Gasteiger partial charge < -0.3 is 4.74 Å². The van der Waals surface area contributed by atoms with Crippen molar-refractivity contribution in [3.05, 3.63) is 60.4 Å². The van der Waals surface area contributed by atoms with Gasteiger partial charge in [0.1, 0.15) is 11.4 Å². The lowest BCUT2D eigenvalue weighted by molar-refractivity contribution is 0.0337. The molecule has 0 atom stereocenters. The molecule has 2 rings (SSSR count). The summed E-state index contributed by atoms with van der Waals surface area (Å²) < 4.78 is 6.18. The maximum atomic E-state index is 6.18. The van der Waals surface area contributed by atoms with E-state index in [4.69, 9.17) is 4.74 Å². The number of hydrogen-bond acceptors (Lipinski definition) is 2. The summed E-state index contributed by atoms with van der Waals surface area (Å²) in [5.74, 6) is 0.886. The Morgan fingerprint density at radius 3 is 2.05 bits per heavy atom. The van der Waals surface area contributed by atoms with Crippen molar-refractivity contribution in [1.82, 2.24) is 4.98 Å². The Kier molecular flexibility index (Phi) is 3.61. The predicted molar refractivity (Wildman–Crippen MR) is 78.4 cm³/mol. The third-order valence-corrected chi connectivity index (χ3v) is 3.93. The number of ether oxygens (including phenoxy) is 1. The first-order valence-electron chi connectivity index (χ1n) is 6.59. The van der Waals surface area contributed by atoms with E-state index in [9.17, 15) is 0 Å². The second kappa shape index (κ2) is 5.04. The molecule has 0 amide bonds. The van der Waals surface area contributed by atoms with Gasteiger partial charge in [0.05, 0.1) is 0 Å². The van der Waals surface area contributed by atoms with E-state index in [0.717, 1.165) is 11.4 Å². The van der Waals surface area contributed by atoms with Crippen LogP contribution in [0.25, 0.3) is 0 Å².